The van der Waals surface area contributed by atoms with Crippen LogP contribution in [-0.2, 0) is 6.54 Å². The lowest BCUT2D eigenvalue weighted by atomic mass is 9.85. The third kappa shape index (κ3) is 4.78. The lowest BCUT2D eigenvalue weighted by Gasteiger charge is -2.27. The Morgan fingerprint density at radius 2 is 2.20 bits per heavy atom. The fourth-order valence-electron chi connectivity index (χ4n) is 1.32. The molecule has 1 aromatic heterocycles. The third-order valence-electron chi connectivity index (χ3n) is 2.65. The lowest BCUT2D eigenvalue weighted by Crippen LogP contribution is -2.37. The van der Waals surface area contributed by atoms with Crippen LogP contribution < -0.4 is 11.1 Å². The minimum absolute atomic E-state index is 0.212. The van der Waals surface area contributed by atoms with E-state index in [2.05, 4.69) is 42.9 Å². The molecule has 1 aromatic rings. The molecule has 1 rings (SSSR count). The first-order valence-electron chi connectivity index (χ1n) is 5.47. The molecule has 0 aliphatic heterocycles. The van der Waals surface area contributed by atoms with Gasteiger partial charge in [0.05, 0.1) is 0 Å². The van der Waals surface area contributed by atoms with Crippen molar-refractivity contribution in [3.63, 3.8) is 0 Å². The smallest absolute Gasteiger partial charge is 0.0213 e. The number of thiophene rings is 1. The number of nitrogens with two attached hydrogens (primary N) is 1. The van der Waals surface area contributed by atoms with Crippen LogP contribution >= 0.6 is 11.3 Å². The Kier molecular flexibility index (Phi) is 4.77. The van der Waals surface area contributed by atoms with Gasteiger partial charge >= 0.3 is 0 Å². The highest BCUT2D eigenvalue weighted by atomic mass is 32.1. The Bertz CT molecular complexity index is 262. The molecule has 1 heterocycles. The second-order valence-electron chi connectivity index (χ2n) is 5.07. The first kappa shape index (κ1) is 12.7. The Balaban J connectivity index is 2.12. The zero-order valence-corrected chi connectivity index (χ0v) is 10.7. The molecule has 0 saturated heterocycles. The van der Waals surface area contributed by atoms with Crippen LogP contribution in [0.3, 0.4) is 0 Å². The highest BCUT2D eigenvalue weighted by Crippen LogP contribution is 2.19. The predicted molar refractivity (Wildman–Crippen MR) is 68.1 cm³/mol. The molecule has 1 atom stereocenters. The Hall–Kier alpha value is -0.380. The van der Waals surface area contributed by atoms with Crippen LogP contribution in [0.1, 0.15) is 32.8 Å². The topological polar surface area (TPSA) is 38.0 Å². The van der Waals surface area contributed by atoms with E-state index >= 15 is 0 Å². The van der Waals surface area contributed by atoms with Crippen molar-refractivity contribution in [2.75, 3.05) is 6.54 Å². The molecule has 3 heteroatoms. The first-order chi connectivity index (χ1) is 7.00. The van der Waals surface area contributed by atoms with E-state index in [-0.39, 0.29) is 11.5 Å². The molecule has 0 aromatic carbocycles. The van der Waals surface area contributed by atoms with Crippen LogP contribution in [0.25, 0.3) is 0 Å². The van der Waals surface area contributed by atoms with Gasteiger partial charge in [0.25, 0.3) is 0 Å². The minimum Gasteiger partial charge on any atom is -0.327 e. The van der Waals surface area contributed by atoms with Gasteiger partial charge < -0.3 is 11.1 Å². The monoisotopic (exact) mass is 226 g/mol. The van der Waals surface area contributed by atoms with Gasteiger partial charge in [0.2, 0.25) is 0 Å². The molecule has 86 valence electrons. The molecule has 3 N–H and O–H groups in total. The molecular formula is C12H22N2S. The van der Waals surface area contributed by atoms with Gasteiger partial charge in [-0.15, -0.1) is 0 Å². The van der Waals surface area contributed by atoms with Gasteiger partial charge in [-0.3, -0.25) is 0 Å². The molecule has 0 radical (unpaired) electrons. The first-order valence-corrected chi connectivity index (χ1v) is 6.42. The maximum absolute atomic E-state index is 6.07. The van der Waals surface area contributed by atoms with Crippen molar-refractivity contribution in [1.29, 1.82) is 0 Å². The van der Waals surface area contributed by atoms with E-state index in [1.54, 1.807) is 11.3 Å². The van der Waals surface area contributed by atoms with Gasteiger partial charge in [0, 0.05) is 12.6 Å². The van der Waals surface area contributed by atoms with Crippen LogP contribution in [0, 0.1) is 5.41 Å². The molecule has 0 fully saturated rings. The van der Waals surface area contributed by atoms with Crippen LogP contribution in [0.5, 0.6) is 0 Å². The van der Waals surface area contributed by atoms with Crippen molar-refractivity contribution in [3.05, 3.63) is 22.4 Å². The van der Waals surface area contributed by atoms with E-state index in [4.69, 9.17) is 5.73 Å². The van der Waals surface area contributed by atoms with Crippen LogP contribution in [0.4, 0.5) is 0 Å². The van der Waals surface area contributed by atoms with E-state index in [9.17, 15) is 0 Å². The standard InChI is InChI=1S/C12H22N2S/c1-12(2,3)11(13)4-6-14-8-10-5-7-15-9-10/h5,7,9,11,14H,4,6,8,13H2,1-3H3. The van der Waals surface area contributed by atoms with E-state index in [0.29, 0.717) is 0 Å². The normalized spacial score (nSPS) is 14.1. The zero-order chi connectivity index (χ0) is 11.3. The van der Waals surface area contributed by atoms with Crippen molar-refractivity contribution in [2.24, 2.45) is 11.1 Å². The van der Waals surface area contributed by atoms with Crippen LogP contribution in [-0.4, -0.2) is 12.6 Å². The summed E-state index contributed by atoms with van der Waals surface area (Å²) in [5.41, 5.74) is 7.65. The molecule has 1 unspecified atom stereocenters. The molecule has 0 amide bonds. The van der Waals surface area contributed by atoms with Crippen molar-refractivity contribution in [1.82, 2.24) is 5.32 Å². The largest absolute Gasteiger partial charge is 0.327 e. The predicted octanol–water partition coefficient (Wildman–Crippen LogP) is 2.60. The van der Waals surface area contributed by atoms with Gasteiger partial charge in [-0.05, 0) is 40.8 Å². The number of hydrogen-bond donors (Lipinski definition) is 2. The molecule has 0 aliphatic carbocycles. The molecule has 0 aliphatic rings. The average Bonchev–Trinajstić information content (AvgIpc) is 2.63. The summed E-state index contributed by atoms with van der Waals surface area (Å²) < 4.78 is 0. The highest BCUT2D eigenvalue weighted by molar-refractivity contribution is 7.07. The number of nitrogens with one attached hydrogen (secondary N) is 1. The van der Waals surface area contributed by atoms with Crippen molar-refractivity contribution < 1.29 is 0 Å². The van der Waals surface area contributed by atoms with Gasteiger partial charge in [-0.25, -0.2) is 0 Å². The van der Waals surface area contributed by atoms with Crippen molar-refractivity contribution in [2.45, 2.75) is 39.8 Å². The summed E-state index contributed by atoms with van der Waals surface area (Å²) in [7, 11) is 0. The quantitative estimate of drug-likeness (QED) is 0.757. The average molecular weight is 226 g/mol. The SMILES string of the molecule is CC(C)(C)C(N)CCNCc1ccsc1. The van der Waals surface area contributed by atoms with E-state index in [1.165, 1.54) is 5.56 Å². The minimum atomic E-state index is 0.212. The third-order valence-corrected chi connectivity index (χ3v) is 3.39. The summed E-state index contributed by atoms with van der Waals surface area (Å²) in [5, 5.41) is 7.70. The van der Waals surface area contributed by atoms with Crippen LogP contribution in [0.15, 0.2) is 16.8 Å². The Morgan fingerprint density at radius 1 is 1.47 bits per heavy atom. The van der Waals surface area contributed by atoms with E-state index < -0.39 is 0 Å². The van der Waals surface area contributed by atoms with E-state index in [0.717, 1.165) is 19.5 Å². The fraction of sp³-hybridized carbons (Fsp3) is 0.667. The fourth-order valence-corrected chi connectivity index (χ4v) is 1.99. The maximum atomic E-state index is 6.07. The van der Waals surface area contributed by atoms with Gasteiger partial charge in [0.15, 0.2) is 0 Å². The zero-order valence-electron chi connectivity index (χ0n) is 9.92. The van der Waals surface area contributed by atoms with Gasteiger partial charge in [-0.1, -0.05) is 20.8 Å². The Morgan fingerprint density at radius 3 is 2.73 bits per heavy atom. The molecule has 0 bridgehead atoms. The molecule has 15 heavy (non-hydrogen) atoms. The lowest BCUT2D eigenvalue weighted by molar-refractivity contribution is 0.302. The van der Waals surface area contributed by atoms with Gasteiger partial charge in [0.1, 0.15) is 0 Å². The second-order valence-corrected chi connectivity index (χ2v) is 5.85. The van der Waals surface area contributed by atoms with E-state index in [1.807, 2.05) is 0 Å². The summed E-state index contributed by atoms with van der Waals surface area (Å²) in [6, 6.07) is 2.42. The highest BCUT2D eigenvalue weighted by Gasteiger charge is 2.19. The summed E-state index contributed by atoms with van der Waals surface area (Å²) in [6.45, 7) is 8.53. The summed E-state index contributed by atoms with van der Waals surface area (Å²) in [6.07, 6.45) is 1.04. The van der Waals surface area contributed by atoms with Crippen molar-refractivity contribution in [3.8, 4) is 0 Å². The van der Waals surface area contributed by atoms with Gasteiger partial charge in [-0.2, -0.15) is 11.3 Å². The van der Waals surface area contributed by atoms with Crippen LogP contribution in [0.2, 0.25) is 0 Å². The molecular weight excluding hydrogens is 204 g/mol. The number of rotatable bonds is 5. The maximum Gasteiger partial charge on any atom is 0.0213 e. The van der Waals surface area contributed by atoms with Crippen molar-refractivity contribution >= 4 is 11.3 Å². The number of hydrogen-bond acceptors (Lipinski definition) is 3. The Labute approximate surface area is 96.9 Å². The summed E-state index contributed by atoms with van der Waals surface area (Å²) in [4.78, 5) is 0. The summed E-state index contributed by atoms with van der Waals surface area (Å²) in [5.74, 6) is 0. The molecule has 0 spiro atoms. The second kappa shape index (κ2) is 5.64. The molecule has 2 nitrogen and oxygen atoms in total. The summed E-state index contributed by atoms with van der Waals surface area (Å²) >= 11 is 1.74. The molecule has 0 saturated carbocycles.